The lowest BCUT2D eigenvalue weighted by Gasteiger charge is -2.29. The average Bonchev–Trinajstić information content (AvgIpc) is 3.21. The molecule has 6 heteroatoms. The number of nitrogens with zero attached hydrogens (tertiary/aromatic N) is 2. The molecule has 1 aliphatic carbocycles. The van der Waals surface area contributed by atoms with Gasteiger partial charge in [-0.05, 0) is 84.5 Å². The van der Waals surface area contributed by atoms with E-state index in [4.69, 9.17) is 28.3 Å². The molecule has 0 aromatic heterocycles. The molecule has 2 atom stereocenters. The van der Waals surface area contributed by atoms with Crippen LogP contribution < -0.4 is 0 Å². The number of carbonyl (C=O) groups is 1. The number of hydrogen-bond acceptors (Lipinski definition) is 2. The number of halogens is 3. The van der Waals surface area contributed by atoms with Gasteiger partial charge in [0.05, 0.1) is 11.8 Å². The van der Waals surface area contributed by atoms with E-state index in [1.54, 1.807) is 5.01 Å². The summed E-state index contributed by atoms with van der Waals surface area (Å²) in [6.07, 6.45) is 5.13. The van der Waals surface area contributed by atoms with Crippen molar-refractivity contribution in [2.45, 2.75) is 25.3 Å². The molecule has 0 saturated heterocycles. The molecule has 166 valence electrons. The fourth-order valence-corrected chi connectivity index (χ4v) is 5.33. The first-order chi connectivity index (χ1) is 16.0. The molecule has 3 nitrogen and oxygen atoms in total. The number of rotatable bonds is 3. The Kier molecular flexibility index (Phi) is 6.42. The molecule has 1 fully saturated rings. The molecule has 0 bridgehead atoms. The summed E-state index contributed by atoms with van der Waals surface area (Å²) in [5, 5.41) is 8.01. The SMILES string of the molecule is O=C(c1cccc(Br)c1)N1N=C2/C(=C\c3ccc(Cl)cc3)CCCC2C1c1ccc(Cl)cc1. The van der Waals surface area contributed by atoms with Crippen LogP contribution in [-0.4, -0.2) is 16.6 Å². The van der Waals surface area contributed by atoms with Crippen LogP contribution in [0.2, 0.25) is 10.0 Å². The van der Waals surface area contributed by atoms with Crippen molar-refractivity contribution in [1.29, 1.82) is 0 Å². The van der Waals surface area contributed by atoms with Gasteiger partial charge in [-0.3, -0.25) is 4.79 Å². The second-order valence-electron chi connectivity index (χ2n) is 8.36. The van der Waals surface area contributed by atoms with Crippen LogP contribution in [0.15, 0.2) is 87.9 Å². The Balaban J connectivity index is 1.58. The van der Waals surface area contributed by atoms with E-state index in [0.29, 0.717) is 15.6 Å². The van der Waals surface area contributed by atoms with Gasteiger partial charge in [0, 0.05) is 26.0 Å². The maximum atomic E-state index is 13.6. The van der Waals surface area contributed by atoms with Gasteiger partial charge in [0.15, 0.2) is 0 Å². The van der Waals surface area contributed by atoms with Crippen LogP contribution in [0.5, 0.6) is 0 Å². The summed E-state index contributed by atoms with van der Waals surface area (Å²) < 4.78 is 0.865. The van der Waals surface area contributed by atoms with E-state index < -0.39 is 0 Å². The van der Waals surface area contributed by atoms with E-state index in [2.05, 4.69) is 22.0 Å². The quantitative estimate of drug-likeness (QED) is 0.330. The predicted octanol–water partition coefficient (Wildman–Crippen LogP) is 8.19. The van der Waals surface area contributed by atoms with Crippen LogP contribution in [0.4, 0.5) is 0 Å². The number of fused-ring (bicyclic) bond motifs is 1. The van der Waals surface area contributed by atoms with Crippen molar-refractivity contribution in [2.75, 3.05) is 0 Å². The predicted molar refractivity (Wildman–Crippen MR) is 139 cm³/mol. The topological polar surface area (TPSA) is 32.7 Å². The van der Waals surface area contributed by atoms with Crippen LogP contribution in [0, 0.1) is 5.92 Å². The third-order valence-corrected chi connectivity index (χ3v) is 7.20. The Bertz CT molecular complexity index is 1250. The fraction of sp³-hybridized carbons (Fsp3) is 0.185. The molecule has 2 aliphatic rings. The minimum atomic E-state index is -0.169. The summed E-state index contributed by atoms with van der Waals surface area (Å²) in [6.45, 7) is 0. The molecule has 0 radical (unpaired) electrons. The second kappa shape index (κ2) is 9.46. The third-order valence-electron chi connectivity index (χ3n) is 6.20. The largest absolute Gasteiger partial charge is 0.274 e. The minimum absolute atomic E-state index is 0.107. The van der Waals surface area contributed by atoms with E-state index in [0.717, 1.165) is 40.6 Å². The minimum Gasteiger partial charge on any atom is -0.267 e. The third kappa shape index (κ3) is 4.65. The zero-order valence-electron chi connectivity index (χ0n) is 17.7. The molecule has 1 aliphatic heterocycles. The number of benzene rings is 3. The Morgan fingerprint density at radius 1 is 1.00 bits per heavy atom. The van der Waals surface area contributed by atoms with E-state index in [1.807, 2.05) is 72.8 Å². The lowest BCUT2D eigenvalue weighted by Crippen LogP contribution is -2.31. The molecule has 0 spiro atoms. The molecule has 1 amide bonds. The Labute approximate surface area is 211 Å². The summed E-state index contributed by atoms with van der Waals surface area (Å²) in [5.74, 6) is 0.0265. The number of hydrogen-bond donors (Lipinski definition) is 0. The highest BCUT2D eigenvalue weighted by atomic mass is 79.9. The molecule has 1 saturated carbocycles. The number of allylic oxidation sites excluding steroid dienone is 1. The molecule has 1 heterocycles. The zero-order chi connectivity index (χ0) is 22.9. The monoisotopic (exact) mass is 538 g/mol. The molecule has 3 aromatic rings. The molecule has 0 N–H and O–H groups in total. The molecule has 2 unspecified atom stereocenters. The Morgan fingerprint density at radius 2 is 1.70 bits per heavy atom. The van der Waals surface area contributed by atoms with E-state index in [-0.39, 0.29) is 17.9 Å². The first-order valence-electron chi connectivity index (χ1n) is 10.9. The summed E-state index contributed by atoms with van der Waals surface area (Å²) in [4.78, 5) is 13.6. The van der Waals surface area contributed by atoms with Crippen LogP contribution in [0.1, 0.15) is 46.8 Å². The van der Waals surface area contributed by atoms with E-state index in [9.17, 15) is 4.79 Å². The number of hydrazone groups is 1. The fourth-order valence-electron chi connectivity index (χ4n) is 4.68. The normalized spacial score (nSPS) is 21.1. The van der Waals surface area contributed by atoms with Crippen molar-refractivity contribution in [3.63, 3.8) is 0 Å². The van der Waals surface area contributed by atoms with Gasteiger partial charge >= 0.3 is 0 Å². The van der Waals surface area contributed by atoms with Crippen molar-refractivity contribution < 1.29 is 4.79 Å². The molecule has 5 rings (SSSR count). The van der Waals surface area contributed by atoms with Gasteiger partial charge in [-0.2, -0.15) is 5.10 Å². The zero-order valence-corrected chi connectivity index (χ0v) is 20.8. The van der Waals surface area contributed by atoms with Gasteiger partial charge in [0.2, 0.25) is 0 Å². The van der Waals surface area contributed by atoms with Gasteiger partial charge in [0.25, 0.3) is 5.91 Å². The standard InChI is InChI=1S/C27H21BrCl2N2O/c28-21-5-1-4-20(16-21)27(33)32-26(18-9-13-23(30)14-10-18)24-6-2-3-19(25(24)31-32)15-17-7-11-22(29)12-8-17/h1,4-5,7-16,24,26H,2-3,6H2/b19-15-. The van der Waals surface area contributed by atoms with Gasteiger partial charge in [-0.25, -0.2) is 5.01 Å². The maximum Gasteiger partial charge on any atom is 0.274 e. The summed E-state index contributed by atoms with van der Waals surface area (Å²) in [5.41, 5.74) is 4.91. The van der Waals surface area contributed by atoms with Crippen molar-refractivity contribution in [3.8, 4) is 0 Å². The first-order valence-corrected chi connectivity index (χ1v) is 12.4. The van der Waals surface area contributed by atoms with Crippen molar-refractivity contribution in [2.24, 2.45) is 11.0 Å². The molecular weight excluding hydrogens is 519 g/mol. The average molecular weight is 540 g/mol. The highest BCUT2D eigenvalue weighted by Gasteiger charge is 2.43. The van der Waals surface area contributed by atoms with Gasteiger partial charge < -0.3 is 0 Å². The van der Waals surface area contributed by atoms with Crippen LogP contribution in [-0.2, 0) is 0 Å². The maximum absolute atomic E-state index is 13.6. The number of amides is 1. The lowest BCUT2D eigenvalue weighted by atomic mass is 9.77. The van der Waals surface area contributed by atoms with Crippen LogP contribution in [0.25, 0.3) is 6.08 Å². The van der Waals surface area contributed by atoms with Crippen LogP contribution in [0.3, 0.4) is 0 Å². The summed E-state index contributed by atoms with van der Waals surface area (Å²) in [7, 11) is 0. The molecule has 3 aromatic carbocycles. The van der Waals surface area contributed by atoms with Crippen molar-refractivity contribution in [1.82, 2.24) is 5.01 Å². The molecule has 33 heavy (non-hydrogen) atoms. The van der Waals surface area contributed by atoms with Crippen LogP contribution >= 0.6 is 39.1 Å². The summed E-state index contributed by atoms with van der Waals surface area (Å²) in [6, 6.07) is 22.9. The lowest BCUT2D eigenvalue weighted by molar-refractivity contribution is 0.0681. The van der Waals surface area contributed by atoms with Gasteiger partial charge in [-0.15, -0.1) is 0 Å². The van der Waals surface area contributed by atoms with E-state index in [1.165, 1.54) is 5.57 Å². The van der Waals surface area contributed by atoms with Crippen molar-refractivity contribution in [3.05, 3.63) is 110 Å². The highest BCUT2D eigenvalue weighted by Crippen LogP contribution is 2.45. The smallest absolute Gasteiger partial charge is 0.267 e. The van der Waals surface area contributed by atoms with Gasteiger partial charge in [0.1, 0.15) is 0 Å². The van der Waals surface area contributed by atoms with Crippen molar-refractivity contribution >= 4 is 56.8 Å². The Morgan fingerprint density at radius 3 is 2.39 bits per heavy atom. The summed E-state index contributed by atoms with van der Waals surface area (Å²) >= 11 is 15.7. The van der Waals surface area contributed by atoms with E-state index >= 15 is 0 Å². The molecular formula is C27H21BrCl2N2O. The number of carbonyl (C=O) groups excluding carboxylic acids is 1. The first kappa shape index (κ1) is 22.4. The second-order valence-corrected chi connectivity index (χ2v) is 10.2. The van der Waals surface area contributed by atoms with Gasteiger partial charge in [-0.1, -0.05) is 69.5 Å². The highest BCUT2D eigenvalue weighted by molar-refractivity contribution is 9.10. The Hall–Kier alpha value is -2.40.